The number of nitrogens with zero attached hydrogens (tertiary/aromatic N) is 2. The van der Waals surface area contributed by atoms with E-state index in [1.165, 1.54) is 12.1 Å². The van der Waals surface area contributed by atoms with Gasteiger partial charge < -0.3 is 4.18 Å². The van der Waals surface area contributed by atoms with E-state index in [2.05, 4.69) is 10.2 Å². The second-order valence-electron chi connectivity index (χ2n) is 6.25. The summed E-state index contributed by atoms with van der Waals surface area (Å²) < 4.78 is 60.1. The number of fused-ring (bicyclic) bond motifs is 2. The average molecular weight is 490 g/mol. The minimum atomic E-state index is -4.42. The standard InChI is InChI=1S/C20H14N2O6S2.2Na.2H/c23-29(24)28-20-14-6-2-1-5-13(14)9-10-18(20)22-21-17-11-12-19(30(25,26)27)16-8-4-3-7-15(16)17;;;;/h1-12,29H,(H,25,26,27);;;;. The number of hydrogen-bond acceptors (Lipinski definition) is 7. The van der Waals surface area contributed by atoms with Gasteiger partial charge >= 0.3 is 59.1 Å². The summed E-state index contributed by atoms with van der Waals surface area (Å²) in [6, 6.07) is 19.6. The van der Waals surface area contributed by atoms with Crippen LogP contribution in [0.1, 0.15) is 0 Å². The molecule has 8 nitrogen and oxygen atoms in total. The number of rotatable bonds is 5. The van der Waals surface area contributed by atoms with Gasteiger partial charge in [-0.25, -0.2) is 0 Å². The molecule has 0 spiro atoms. The van der Waals surface area contributed by atoms with Gasteiger partial charge in [-0.2, -0.15) is 16.8 Å². The molecule has 0 bridgehead atoms. The summed E-state index contributed by atoms with van der Waals surface area (Å²) in [6.07, 6.45) is 0. The third-order valence-electron chi connectivity index (χ3n) is 4.43. The van der Waals surface area contributed by atoms with Crippen molar-refractivity contribution in [2.24, 2.45) is 10.2 Å². The van der Waals surface area contributed by atoms with E-state index in [1.54, 1.807) is 48.5 Å². The van der Waals surface area contributed by atoms with E-state index in [9.17, 15) is 21.4 Å². The molecule has 0 fully saturated rings. The first-order valence-electron chi connectivity index (χ1n) is 8.60. The van der Waals surface area contributed by atoms with E-state index in [4.69, 9.17) is 4.18 Å². The Labute approximate surface area is 230 Å². The van der Waals surface area contributed by atoms with E-state index in [1.807, 2.05) is 12.1 Å². The van der Waals surface area contributed by atoms with Crippen molar-refractivity contribution in [3.8, 4) is 5.75 Å². The Balaban J connectivity index is 0.00000181. The molecule has 0 aliphatic rings. The van der Waals surface area contributed by atoms with E-state index in [-0.39, 0.29) is 80.8 Å². The molecule has 0 aromatic heterocycles. The molecule has 4 aromatic carbocycles. The Kier molecular flexibility index (Phi) is 9.41. The van der Waals surface area contributed by atoms with Gasteiger partial charge in [-0.05, 0) is 23.6 Å². The van der Waals surface area contributed by atoms with Crippen molar-refractivity contribution in [3.63, 3.8) is 0 Å². The summed E-state index contributed by atoms with van der Waals surface area (Å²) >= 11 is 0. The average Bonchev–Trinajstić information content (AvgIpc) is 2.71. The Morgan fingerprint density at radius 2 is 1.28 bits per heavy atom. The molecule has 156 valence electrons. The maximum atomic E-state index is 11.6. The molecular weight excluding hydrogens is 474 g/mol. The third-order valence-corrected chi connectivity index (χ3v) is 5.67. The Bertz CT molecular complexity index is 1500. The van der Waals surface area contributed by atoms with Gasteiger partial charge in [0, 0.05) is 16.2 Å². The van der Waals surface area contributed by atoms with Crippen molar-refractivity contribution in [1.29, 1.82) is 0 Å². The van der Waals surface area contributed by atoms with Crippen LogP contribution in [0.5, 0.6) is 5.75 Å². The molecule has 12 heteroatoms. The summed E-state index contributed by atoms with van der Waals surface area (Å²) in [5, 5.41) is 10.4. The van der Waals surface area contributed by atoms with Gasteiger partial charge in [0.2, 0.25) is 0 Å². The predicted octanol–water partition coefficient (Wildman–Crippen LogP) is 3.26. The zero-order valence-corrected chi connectivity index (χ0v) is 16.9. The molecule has 0 saturated heterocycles. The SMILES string of the molecule is O=[SH](=O)Oc1c(N=Nc2ccc(S(=O)(=O)O)c3ccccc23)ccc2ccccc12.[NaH].[NaH]. The van der Waals surface area contributed by atoms with Crippen molar-refractivity contribution in [1.82, 2.24) is 0 Å². The van der Waals surface area contributed by atoms with Crippen molar-refractivity contribution in [2.45, 2.75) is 4.90 Å². The first kappa shape index (κ1) is 26.9. The van der Waals surface area contributed by atoms with Crippen LogP contribution in [-0.4, -0.2) is 80.5 Å². The summed E-state index contributed by atoms with van der Waals surface area (Å²) in [5.74, 6) is 0.0480. The number of hydrogen-bond donors (Lipinski definition) is 2. The van der Waals surface area contributed by atoms with Crippen LogP contribution in [0.3, 0.4) is 0 Å². The normalized spacial score (nSPS) is 11.4. The minimum absolute atomic E-state index is 0. The van der Waals surface area contributed by atoms with Gasteiger partial charge in [0.05, 0.1) is 5.69 Å². The molecule has 0 unspecified atom stereocenters. The second kappa shape index (κ2) is 11.2. The third kappa shape index (κ3) is 5.77. The molecule has 4 rings (SSSR count). The van der Waals surface area contributed by atoms with Gasteiger partial charge in [-0.15, -0.1) is 10.2 Å². The zero-order chi connectivity index (χ0) is 21.3. The van der Waals surface area contributed by atoms with Crippen LogP contribution in [0.2, 0.25) is 0 Å². The van der Waals surface area contributed by atoms with Crippen molar-refractivity contribution >= 4 is 113 Å². The molecule has 0 heterocycles. The van der Waals surface area contributed by atoms with Crippen LogP contribution in [-0.2, 0) is 21.1 Å². The molecule has 0 amide bonds. The van der Waals surface area contributed by atoms with Crippen molar-refractivity contribution in [2.75, 3.05) is 0 Å². The van der Waals surface area contributed by atoms with Gasteiger partial charge in [0.15, 0.2) is 5.75 Å². The summed E-state index contributed by atoms with van der Waals surface area (Å²) in [4.78, 5) is -0.241. The number of thiol groups is 1. The quantitative estimate of drug-likeness (QED) is 0.192. The van der Waals surface area contributed by atoms with Crippen molar-refractivity contribution in [3.05, 3.63) is 72.8 Å². The summed E-state index contributed by atoms with van der Waals surface area (Å²) in [7, 11) is -7.59. The first-order chi connectivity index (χ1) is 14.3. The summed E-state index contributed by atoms with van der Waals surface area (Å²) in [6.45, 7) is 0. The number of azo groups is 1. The van der Waals surface area contributed by atoms with Crippen LogP contribution in [0.25, 0.3) is 21.5 Å². The van der Waals surface area contributed by atoms with Crippen molar-refractivity contribution < 1.29 is 25.6 Å². The van der Waals surface area contributed by atoms with E-state index < -0.39 is 21.1 Å². The van der Waals surface area contributed by atoms with E-state index in [0.717, 1.165) is 5.39 Å². The van der Waals surface area contributed by atoms with Crippen LogP contribution in [0, 0.1) is 0 Å². The van der Waals surface area contributed by atoms with Crippen LogP contribution in [0.15, 0.2) is 87.9 Å². The Morgan fingerprint density at radius 3 is 1.94 bits per heavy atom. The molecular formula is C20H16N2Na2O6S2. The van der Waals surface area contributed by atoms with E-state index in [0.29, 0.717) is 16.5 Å². The van der Waals surface area contributed by atoms with Crippen LogP contribution in [0.4, 0.5) is 11.4 Å². The molecule has 32 heavy (non-hydrogen) atoms. The monoisotopic (exact) mass is 490 g/mol. The van der Waals surface area contributed by atoms with E-state index >= 15 is 0 Å². The second-order valence-corrected chi connectivity index (χ2v) is 8.27. The Morgan fingerprint density at radius 1 is 0.719 bits per heavy atom. The molecule has 0 atom stereocenters. The Hall–Kier alpha value is -1.34. The first-order valence-corrected chi connectivity index (χ1v) is 11.1. The fraction of sp³-hybridized carbons (Fsp3) is 0. The van der Waals surface area contributed by atoms with Crippen LogP contribution >= 0.6 is 0 Å². The number of benzene rings is 4. The molecule has 0 radical (unpaired) electrons. The molecule has 0 aliphatic carbocycles. The fourth-order valence-corrected chi connectivity index (χ4v) is 4.19. The molecule has 1 N–H and O–H groups in total. The van der Waals surface area contributed by atoms with Gasteiger partial charge in [-0.3, -0.25) is 4.55 Å². The van der Waals surface area contributed by atoms with Gasteiger partial charge in [-0.1, -0.05) is 54.6 Å². The maximum absolute atomic E-state index is 11.6. The predicted molar refractivity (Wildman–Crippen MR) is 127 cm³/mol. The van der Waals surface area contributed by atoms with Gasteiger partial charge in [0.1, 0.15) is 10.6 Å². The fourth-order valence-electron chi connectivity index (χ4n) is 3.16. The molecule has 0 saturated carbocycles. The zero-order valence-electron chi connectivity index (χ0n) is 15.2. The van der Waals surface area contributed by atoms with Crippen LogP contribution < -0.4 is 4.18 Å². The molecule has 4 aromatic rings. The van der Waals surface area contributed by atoms with Gasteiger partial charge in [0.25, 0.3) is 21.1 Å². The topological polar surface area (TPSA) is 122 Å². The molecule has 0 aliphatic heterocycles. The summed E-state index contributed by atoms with van der Waals surface area (Å²) in [5.41, 5.74) is 0.527.